The van der Waals surface area contributed by atoms with Gasteiger partial charge in [-0.1, -0.05) is 48.0 Å². The molecule has 0 atom stereocenters. The van der Waals surface area contributed by atoms with Crippen molar-refractivity contribution >= 4 is 45.1 Å². The number of nitrogens with one attached hydrogen (secondary N) is 3. The Morgan fingerprint density at radius 1 is 0.906 bits per heavy atom. The van der Waals surface area contributed by atoms with Crippen LogP contribution in [-0.2, 0) is 6.42 Å². The van der Waals surface area contributed by atoms with Crippen molar-refractivity contribution in [2.24, 2.45) is 0 Å². The highest BCUT2D eigenvalue weighted by molar-refractivity contribution is 9.10. The van der Waals surface area contributed by atoms with Crippen LogP contribution in [0.3, 0.4) is 0 Å². The van der Waals surface area contributed by atoms with E-state index in [1.165, 1.54) is 5.56 Å². The molecule has 164 valence electrons. The lowest BCUT2D eigenvalue weighted by Gasteiger charge is -2.12. The molecule has 32 heavy (non-hydrogen) atoms. The average Bonchev–Trinajstić information content (AvgIpc) is 2.79. The second-order valence-corrected chi connectivity index (χ2v) is 8.22. The molecule has 0 bridgehead atoms. The van der Waals surface area contributed by atoms with Crippen molar-refractivity contribution in [2.45, 2.75) is 13.3 Å². The summed E-state index contributed by atoms with van der Waals surface area (Å²) in [6, 6.07) is 22.2. The van der Waals surface area contributed by atoms with E-state index in [1.54, 1.807) is 36.4 Å². The first-order valence-corrected chi connectivity index (χ1v) is 11.1. The smallest absolute Gasteiger partial charge is 0.269 e. The molecule has 0 saturated heterocycles. The van der Waals surface area contributed by atoms with Crippen LogP contribution in [0.15, 0.2) is 77.3 Å². The van der Waals surface area contributed by atoms with Crippen molar-refractivity contribution in [1.29, 1.82) is 0 Å². The molecule has 0 radical (unpaired) electrons. The van der Waals surface area contributed by atoms with E-state index in [1.807, 2.05) is 43.3 Å². The Kier molecular flexibility index (Phi) is 8.35. The summed E-state index contributed by atoms with van der Waals surface area (Å²) in [5.74, 6) is -0.127. The number of hydrogen-bond acceptors (Lipinski definition) is 4. The number of halogens is 1. The molecule has 3 aromatic rings. The van der Waals surface area contributed by atoms with Gasteiger partial charge < -0.3 is 4.74 Å². The third kappa shape index (κ3) is 6.90. The van der Waals surface area contributed by atoms with Gasteiger partial charge in [-0.3, -0.25) is 25.8 Å². The molecule has 8 heteroatoms. The molecule has 0 spiro atoms. The quantitative estimate of drug-likeness (QED) is 0.339. The molecular weight excluding hydrogens is 490 g/mol. The van der Waals surface area contributed by atoms with Crippen LogP contribution < -0.4 is 20.9 Å². The van der Waals surface area contributed by atoms with Gasteiger partial charge in [0.1, 0.15) is 5.75 Å². The fourth-order valence-electron chi connectivity index (χ4n) is 2.86. The number of hydrogen-bond donors (Lipinski definition) is 3. The maximum absolute atomic E-state index is 12.5. The van der Waals surface area contributed by atoms with Gasteiger partial charge in [0.25, 0.3) is 11.8 Å². The molecule has 6 nitrogen and oxygen atoms in total. The van der Waals surface area contributed by atoms with E-state index < -0.39 is 5.91 Å². The molecule has 0 aromatic heterocycles. The number of thiocarbonyl (C=S) groups is 1. The zero-order valence-electron chi connectivity index (χ0n) is 17.4. The minimum atomic E-state index is -0.413. The Morgan fingerprint density at radius 3 is 2.38 bits per heavy atom. The Morgan fingerprint density at radius 2 is 1.66 bits per heavy atom. The van der Waals surface area contributed by atoms with Crippen LogP contribution in [0.1, 0.15) is 31.8 Å². The monoisotopic (exact) mass is 511 g/mol. The number of aryl methyl sites for hydroxylation is 1. The molecular formula is C24H22BrN3O3S. The molecule has 2 amide bonds. The lowest BCUT2D eigenvalue weighted by Crippen LogP contribution is -2.48. The highest BCUT2D eigenvalue weighted by atomic mass is 79.9. The lowest BCUT2D eigenvalue weighted by molar-refractivity contribution is 0.0934. The van der Waals surface area contributed by atoms with Crippen LogP contribution >= 0.6 is 28.1 Å². The van der Waals surface area contributed by atoms with Crippen LogP contribution in [0.2, 0.25) is 0 Å². The fraction of sp³-hybridized carbons (Fsp3) is 0.125. The summed E-state index contributed by atoms with van der Waals surface area (Å²) < 4.78 is 6.46. The Bertz CT molecular complexity index is 1120. The maximum Gasteiger partial charge on any atom is 0.269 e. The molecule has 0 aliphatic carbocycles. The summed E-state index contributed by atoms with van der Waals surface area (Å²) in [7, 11) is 0. The Labute approximate surface area is 200 Å². The van der Waals surface area contributed by atoms with Gasteiger partial charge in [0.05, 0.1) is 11.1 Å². The van der Waals surface area contributed by atoms with Crippen LogP contribution in [-0.4, -0.2) is 23.5 Å². The van der Waals surface area contributed by atoms with Gasteiger partial charge in [-0.15, -0.1) is 0 Å². The maximum atomic E-state index is 12.5. The molecule has 0 saturated carbocycles. The first-order valence-electron chi connectivity index (χ1n) is 9.87. The molecule has 0 aliphatic heterocycles. The first-order chi connectivity index (χ1) is 15.4. The minimum Gasteiger partial charge on any atom is -0.492 e. The number of carbonyl (C=O) groups is 2. The fourth-order valence-corrected chi connectivity index (χ4v) is 3.50. The van der Waals surface area contributed by atoms with Gasteiger partial charge in [-0.2, -0.15) is 0 Å². The summed E-state index contributed by atoms with van der Waals surface area (Å²) in [4.78, 5) is 24.6. The van der Waals surface area contributed by atoms with Crippen molar-refractivity contribution < 1.29 is 14.3 Å². The van der Waals surface area contributed by atoms with E-state index in [9.17, 15) is 9.59 Å². The topological polar surface area (TPSA) is 79.5 Å². The average molecular weight is 512 g/mol. The molecule has 0 heterocycles. The largest absolute Gasteiger partial charge is 0.492 e. The van der Waals surface area contributed by atoms with Gasteiger partial charge in [-0.05, 0) is 71.0 Å². The van der Waals surface area contributed by atoms with Crippen molar-refractivity contribution in [1.82, 2.24) is 16.2 Å². The van der Waals surface area contributed by atoms with Gasteiger partial charge in [0.2, 0.25) is 0 Å². The highest BCUT2D eigenvalue weighted by Gasteiger charge is 2.12. The third-order valence-electron chi connectivity index (χ3n) is 4.48. The predicted molar refractivity (Wildman–Crippen MR) is 132 cm³/mol. The minimum absolute atomic E-state index is 0.0182. The van der Waals surface area contributed by atoms with Crippen molar-refractivity contribution in [3.63, 3.8) is 0 Å². The standard InChI is InChI=1S/C24H22BrN3O3S/c1-16-6-5-9-18(14-16)23(30)27-28-24(32)26-22(29)19-10-11-21(20(25)15-19)31-13-12-17-7-3-2-4-8-17/h2-11,14-15H,12-13H2,1H3,(H,27,30)(H2,26,28,29,32). The second kappa shape index (κ2) is 11.4. The lowest BCUT2D eigenvalue weighted by atomic mass is 10.1. The summed E-state index contributed by atoms with van der Waals surface area (Å²) in [6.07, 6.45) is 0.781. The molecule has 3 aromatic carbocycles. The van der Waals surface area contributed by atoms with Crippen LogP contribution in [0, 0.1) is 6.92 Å². The highest BCUT2D eigenvalue weighted by Crippen LogP contribution is 2.26. The van der Waals surface area contributed by atoms with Crippen LogP contribution in [0.5, 0.6) is 5.75 Å². The number of carbonyl (C=O) groups excluding carboxylic acids is 2. The Hall–Kier alpha value is -3.23. The molecule has 0 unspecified atom stereocenters. The predicted octanol–water partition coefficient (Wildman–Crippen LogP) is 4.33. The molecule has 0 aliphatic rings. The van der Waals surface area contributed by atoms with E-state index in [4.69, 9.17) is 17.0 Å². The molecule has 3 N–H and O–H groups in total. The summed E-state index contributed by atoms with van der Waals surface area (Å²) in [5.41, 5.74) is 8.03. The van der Waals surface area contributed by atoms with E-state index in [2.05, 4.69) is 32.1 Å². The first kappa shape index (κ1) is 23.4. The van der Waals surface area contributed by atoms with Crippen molar-refractivity contribution in [2.75, 3.05) is 6.61 Å². The van der Waals surface area contributed by atoms with E-state index in [-0.39, 0.29) is 11.0 Å². The number of rotatable bonds is 6. The van der Waals surface area contributed by atoms with E-state index in [0.717, 1.165) is 12.0 Å². The number of hydrazine groups is 1. The van der Waals surface area contributed by atoms with E-state index in [0.29, 0.717) is 28.0 Å². The van der Waals surface area contributed by atoms with Gasteiger partial charge in [0.15, 0.2) is 5.11 Å². The normalized spacial score (nSPS) is 10.2. The zero-order valence-corrected chi connectivity index (χ0v) is 19.8. The Balaban J connectivity index is 1.48. The third-order valence-corrected chi connectivity index (χ3v) is 5.31. The van der Waals surface area contributed by atoms with Gasteiger partial charge in [0, 0.05) is 17.5 Å². The van der Waals surface area contributed by atoms with Gasteiger partial charge in [-0.25, -0.2) is 0 Å². The van der Waals surface area contributed by atoms with Crippen LogP contribution in [0.25, 0.3) is 0 Å². The summed E-state index contributed by atoms with van der Waals surface area (Å²) >= 11 is 8.53. The summed E-state index contributed by atoms with van der Waals surface area (Å²) in [5, 5.41) is 2.51. The molecule has 3 rings (SSSR count). The summed E-state index contributed by atoms with van der Waals surface area (Å²) in [6.45, 7) is 2.41. The number of benzene rings is 3. The van der Waals surface area contributed by atoms with Crippen molar-refractivity contribution in [3.05, 3.63) is 99.5 Å². The van der Waals surface area contributed by atoms with E-state index >= 15 is 0 Å². The SMILES string of the molecule is Cc1cccc(C(=O)NNC(=S)NC(=O)c2ccc(OCCc3ccccc3)c(Br)c2)c1. The van der Waals surface area contributed by atoms with Crippen molar-refractivity contribution in [3.8, 4) is 5.75 Å². The number of amides is 2. The van der Waals surface area contributed by atoms with Gasteiger partial charge >= 0.3 is 0 Å². The number of ether oxygens (including phenoxy) is 1. The van der Waals surface area contributed by atoms with Crippen LogP contribution in [0.4, 0.5) is 0 Å². The zero-order chi connectivity index (χ0) is 22.9. The molecule has 0 fully saturated rings. The second-order valence-electron chi connectivity index (χ2n) is 6.96.